The lowest BCUT2D eigenvalue weighted by Gasteiger charge is -2.32. The van der Waals surface area contributed by atoms with E-state index < -0.39 is 0 Å². The molecule has 0 saturated carbocycles. The molecule has 1 amide bonds. The molecular formula is C27H28N2O3. The average Bonchev–Trinajstić information content (AvgIpc) is 2.74. The van der Waals surface area contributed by atoms with Crippen LogP contribution in [0.2, 0.25) is 0 Å². The highest BCUT2D eigenvalue weighted by Gasteiger charge is 2.36. The number of hydrogen-bond donors (Lipinski definition) is 0. The van der Waals surface area contributed by atoms with Gasteiger partial charge in [0, 0.05) is 37.5 Å². The molecule has 5 nitrogen and oxygen atoms in total. The molecule has 0 N–H and O–H groups in total. The van der Waals surface area contributed by atoms with E-state index in [9.17, 15) is 14.4 Å². The summed E-state index contributed by atoms with van der Waals surface area (Å²) in [6.07, 6.45) is 2.52. The smallest absolute Gasteiger partial charge is 0.268 e. The van der Waals surface area contributed by atoms with E-state index in [1.54, 1.807) is 18.1 Å². The van der Waals surface area contributed by atoms with Gasteiger partial charge >= 0.3 is 0 Å². The molecule has 1 aromatic heterocycles. The van der Waals surface area contributed by atoms with Gasteiger partial charge in [-0.15, -0.1) is 0 Å². The minimum absolute atomic E-state index is 0.0307. The number of fused-ring (bicyclic) bond motifs is 1. The van der Waals surface area contributed by atoms with Crippen LogP contribution in [0.4, 0.5) is 0 Å². The molecule has 2 aromatic carbocycles. The summed E-state index contributed by atoms with van der Waals surface area (Å²) >= 11 is 0. The molecule has 0 bridgehead atoms. The molecule has 32 heavy (non-hydrogen) atoms. The van der Waals surface area contributed by atoms with E-state index in [0.717, 1.165) is 11.1 Å². The summed E-state index contributed by atoms with van der Waals surface area (Å²) in [6.45, 7) is 6.35. The van der Waals surface area contributed by atoms with Gasteiger partial charge in [-0.1, -0.05) is 61.9 Å². The van der Waals surface area contributed by atoms with Gasteiger partial charge in [0.1, 0.15) is 5.56 Å². The van der Waals surface area contributed by atoms with E-state index in [2.05, 4.69) is 0 Å². The van der Waals surface area contributed by atoms with Gasteiger partial charge in [0.2, 0.25) is 0 Å². The Balaban J connectivity index is 1.87. The lowest BCUT2D eigenvalue weighted by Crippen LogP contribution is -2.39. The van der Waals surface area contributed by atoms with Crippen molar-refractivity contribution in [2.45, 2.75) is 40.2 Å². The van der Waals surface area contributed by atoms with Crippen LogP contribution in [-0.4, -0.2) is 28.2 Å². The van der Waals surface area contributed by atoms with Crippen molar-refractivity contribution in [2.24, 2.45) is 5.41 Å². The largest absolute Gasteiger partial charge is 0.337 e. The zero-order valence-corrected chi connectivity index (χ0v) is 19.0. The first-order chi connectivity index (χ1) is 15.2. The lowest BCUT2D eigenvalue weighted by molar-refractivity contribution is 0.0780. The fourth-order valence-electron chi connectivity index (χ4n) is 4.38. The summed E-state index contributed by atoms with van der Waals surface area (Å²) in [5, 5.41) is 0. The Morgan fingerprint density at radius 3 is 2.31 bits per heavy atom. The highest BCUT2D eigenvalue weighted by atomic mass is 16.2. The zero-order valence-electron chi connectivity index (χ0n) is 19.0. The summed E-state index contributed by atoms with van der Waals surface area (Å²) in [5.74, 6) is -0.390. The van der Waals surface area contributed by atoms with Gasteiger partial charge in [-0.2, -0.15) is 0 Å². The standard InChI is InChI=1S/C27H28N2O3/c1-18-10-12-20(13-11-18)29-17-22-21(14-27(2,3)15-23(22)30)24(26(29)32)25(31)28(4)16-19-8-6-5-7-9-19/h5-13,17H,14-16H2,1-4H3. The molecule has 3 aromatic rings. The highest BCUT2D eigenvalue weighted by Crippen LogP contribution is 2.36. The highest BCUT2D eigenvalue weighted by molar-refractivity contribution is 6.04. The molecule has 1 heterocycles. The Morgan fingerprint density at radius 1 is 1.00 bits per heavy atom. The van der Waals surface area contributed by atoms with Crippen LogP contribution in [0.5, 0.6) is 0 Å². The average molecular weight is 429 g/mol. The monoisotopic (exact) mass is 428 g/mol. The number of aryl methyl sites for hydroxylation is 1. The van der Waals surface area contributed by atoms with Crippen molar-refractivity contribution in [1.29, 1.82) is 0 Å². The van der Waals surface area contributed by atoms with Crippen LogP contribution < -0.4 is 5.56 Å². The first-order valence-electron chi connectivity index (χ1n) is 10.8. The van der Waals surface area contributed by atoms with Gasteiger partial charge in [-0.3, -0.25) is 19.0 Å². The third-order valence-electron chi connectivity index (χ3n) is 6.05. The van der Waals surface area contributed by atoms with Crippen LogP contribution in [-0.2, 0) is 13.0 Å². The van der Waals surface area contributed by atoms with E-state index in [-0.39, 0.29) is 28.2 Å². The molecule has 164 valence electrons. The topological polar surface area (TPSA) is 59.4 Å². The maximum Gasteiger partial charge on any atom is 0.268 e. The van der Waals surface area contributed by atoms with Crippen LogP contribution in [0.25, 0.3) is 5.69 Å². The number of Topliss-reactive ketones (excluding diaryl/α,β-unsaturated/α-hetero) is 1. The Hall–Kier alpha value is -3.47. The second-order valence-electron chi connectivity index (χ2n) is 9.49. The van der Waals surface area contributed by atoms with Crippen molar-refractivity contribution in [3.63, 3.8) is 0 Å². The fraction of sp³-hybridized carbons (Fsp3) is 0.296. The summed E-state index contributed by atoms with van der Waals surface area (Å²) < 4.78 is 1.44. The van der Waals surface area contributed by atoms with Gasteiger partial charge in [0.05, 0.1) is 0 Å². The van der Waals surface area contributed by atoms with E-state index in [0.29, 0.717) is 36.2 Å². The number of carbonyl (C=O) groups excluding carboxylic acids is 2. The number of nitrogens with zero attached hydrogens (tertiary/aromatic N) is 2. The molecule has 1 aliphatic rings. The van der Waals surface area contributed by atoms with Gasteiger partial charge in [-0.05, 0) is 42.0 Å². The molecule has 0 saturated heterocycles. The predicted octanol–water partition coefficient (Wildman–Crippen LogP) is 4.57. The third kappa shape index (κ3) is 4.15. The number of carbonyl (C=O) groups is 2. The van der Waals surface area contributed by atoms with E-state index in [1.165, 1.54) is 4.57 Å². The Labute approximate surface area is 188 Å². The number of amides is 1. The van der Waals surface area contributed by atoms with E-state index >= 15 is 0 Å². The van der Waals surface area contributed by atoms with Gasteiger partial charge in [0.15, 0.2) is 5.78 Å². The van der Waals surface area contributed by atoms with Gasteiger partial charge < -0.3 is 4.90 Å². The molecular weight excluding hydrogens is 400 g/mol. The van der Waals surface area contributed by atoms with Crippen LogP contribution >= 0.6 is 0 Å². The molecule has 0 atom stereocenters. The quantitative estimate of drug-likeness (QED) is 0.611. The molecule has 4 rings (SSSR count). The number of aromatic nitrogens is 1. The predicted molar refractivity (Wildman–Crippen MR) is 125 cm³/mol. The minimum Gasteiger partial charge on any atom is -0.337 e. The Morgan fingerprint density at radius 2 is 1.66 bits per heavy atom. The van der Waals surface area contributed by atoms with Crippen molar-refractivity contribution in [3.8, 4) is 5.69 Å². The SMILES string of the molecule is Cc1ccc(-n2cc3c(c(C(=O)N(C)Cc4ccccc4)c2=O)CC(C)(C)CC3=O)cc1. The number of pyridine rings is 1. The summed E-state index contributed by atoms with van der Waals surface area (Å²) in [7, 11) is 1.69. The maximum atomic E-state index is 13.6. The Bertz CT molecular complexity index is 1240. The molecule has 0 aliphatic heterocycles. The van der Waals surface area contributed by atoms with Crippen LogP contribution in [0.15, 0.2) is 65.6 Å². The molecule has 0 spiro atoms. The summed E-state index contributed by atoms with van der Waals surface area (Å²) in [4.78, 5) is 41.8. The van der Waals surface area contributed by atoms with Gasteiger partial charge in [0.25, 0.3) is 11.5 Å². The number of benzene rings is 2. The third-order valence-corrected chi connectivity index (χ3v) is 6.05. The lowest BCUT2D eigenvalue weighted by atomic mass is 9.73. The van der Waals surface area contributed by atoms with Crippen LogP contribution in [0, 0.1) is 12.3 Å². The van der Waals surface area contributed by atoms with Gasteiger partial charge in [-0.25, -0.2) is 0 Å². The molecule has 0 unspecified atom stereocenters. The number of rotatable bonds is 4. The first kappa shape index (κ1) is 21.8. The molecule has 0 fully saturated rings. The minimum atomic E-state index is -0.386. The first-order valence-corrected chi connectivity index (χ1v) is 10.8. The summed E-state index contributed by atoms with van der Waals surface area (Å²) in [5.41, 5.74) is 3.14. The molecule has 0 radical (unpaired) electrons. The number of hydrogen-bond acceptors (Lipinski definition) is 3. The normalized spacial score (nSPS) is 14.7. The Kier molecular flexibility index (Phi) is 5.59. The molecule has 5 heteroatoms. The van der Waals surface area contributed by atoms with Crippen molar-refractivity contribution in [3.05, 3.63) is 99.0 Å². The maximum absolute atomic E-state index is 13.6. The second-order valence-corrected chi connectivity index (χ2v) is 9.49. The summed E-state index contributed by atoms with van der Waals surface area (Å²) in [6, 6.07) is 17.2. The van der Waals surface area contributed by atoms with E-state index in [4.69, 9.17) is 0 Å². The van der Waals surface area contributed by atoms with E-state index in [1.807, 2.05) is 75.4 Å². The van der Waals surface area contributed by atoms with Crippen molar-refractivity contribution >= 4 is 11.7 Å². The number of ketones is 1. The van der Waals surface area contributed by atoms with Crippen molar-refractivity contribution in [2.75, 3.05) is 7.05 Å². The zero-order chi connectivity index (χ0) is 23.0. The molecule has 1 aliphatic carbocycles. The fourth-order valence-corrected chi connectivity index (χ4v) is 4.38. The van der Waals surface area contributed by atoms with Crippen LogP contribution in [0.3, 0.4) is 0 Å². The van der Waals surface area contributed by atoms with Crippen molar-refractivity contribution in [1.82, 2.24) is 9.47 Å². The van der Waals surface area contributed by atoms with Crippen molar-refractivity contribution < 1.29 is 9.59 Å². The van der Waals surface area contributed by atoms with Crippen LogP contribution in [0.1, 0.15) is 57.7 Å². The second kappa shape index (κ2) is 8.23.